The molecule has 0 amide bonds. The first-order valence-corrected chi connectivity index (χ1v) is 5.05. The van der Waals surface area contributed by atoms with E-state index in [2.05, 4.69) is 25.2 Å². The van der Waals surface area contributed by atoms with Crippen LogP contribution in [0.3, 0.4) is 0 Å². The molecule has 1 atom stereocenters. The van der Waals surface area contributed by atoms with Gasteiger partial charge in [0.15, 0.2) is 0 Å². The molecule has 0 rings (SSSR count). The van der Waals surface area contributed by atoms with Crippen molar-refractivity contribution < 1.29 is 4.79 Å². The number of hydrogen-bond acceptors (Lipinski definition) is 1. The van der Waals surface area contributed by atoms with E-state index in [4.69, 9.17) is 0 Å². The first-order chi connectivity index (χ1) is 6.28. The molecule has 0 fully saturated rings. The monoisotopic (exact) mass is 180 g/mol. The molecular formula is C12H20O. The molecule has 0 saturated heterocycles. The quantitative estimate of drug-likeness (QED) is 0.347. The fourth-order valence-electron chi connectivity index (χ4n) is 1.21. The SMILES string of the molecule is CC=CCC(C=C(C=O)CC)CC. The van der Waals surface area contributed by atoms with Crippen LogP contribution in [0.4, 0.5) is 0 Å². The molecule has 0 bridgehead atoms. The normalized spacial score (nSPS) is 14.8. The first-order valence-electron chi connectivity index (χ1n) is 5.05. The molecule has 0 radical (unpaired) electrons. The third kappa shape index (κ3) is 5.40. The van der Waals surface area contributed by atoms with Gasteiger partial charge in [-0.25, -0.2) is 0 Å². The van der Waals surface area contributed by atoms with Crippen molar-refractivity contribution in [2.45, 2.75) is 40.0 Å². The summed E-state index contributed by atoms with van der Waals surface area (Å²) in [6.45, 7) is 6.20. The summed E-state index contributed by atoms with van der Waals surface area (Å²) in [4.78, 5) is 10.6. The van der Waals surface area contributed by atoms with Crippen molar-refractivity contribution in [1.29, 1.82) is 0 Å². The van der Waals surface area contributed by atoms with Gasteiger partial charge >= 0.3 is 0 Å². The Morgan fingerprint density at radius 2 is 2.08 bits per heavy atom. The van der Waals surface area contributed by atoms with Gasteiger partial charge in [0.2, 0.25) is 0 Å². The second-order valence-electron chi connectivity index (χ2n) is 3.19. The van der Waals surface area contributed by atoms with E-state index < -0.39 is 0 Å². The Kier molecular flexibility index (Phi) is 7.27. The average Bonchev–Trinajstić information content (AvgIpc) is 2.19. The Hall–Kier alpha value is -0.850. The van der Waals surface area contributed by atoms with Crippen LogP contribution in [0.2, 0.25) is 0 Å². The third-order valence-electron chi connectivity index (χ3n) is 2.21. The summed E-state index contributed by atoms with van der Waals surface area (Å²) in [5, 5.41) is 0. The highest BCUT2D eigenvalue weighted by Crippen LogP contribution is 2.14. The molecule has 0 spiro atoms. The van der Waals surface area contributed by atoms with E-state index in [0.717, 1.165) is 31.1 Å². The van der Waals surface area contributed by atoms with Crippen LogP contribution in [-0.4, -0.2) is 6.29 Å². The molecule has 74 valence electrons. The lowest BCUT2D eigenvalue weighted by molar-refractivity contribution is -0.105. The van der Waals surface area contributed by atoms with E-state index >= 15 is 0 Å². The summed E-state index contributed by atoms with van der Waals surface area (Å²) in [7, 11) is 0. The van der Waals surface area contributed by atoms with Gasteiger partial charge in [0, 0.05) is 0 Å². The van der Waals surface area contributed by atoms with Crippen molar-refractivity contribution in [2.75, 3.05) is 0 Å². The minimum atomic E-state index is 0.524. The highest BCUT2D eigenvalue weighted by molar-refractivity contribution is 5.72. The Labute approximate surface area is 81.5 Å². The van der Waals surface area contributed by atoms with Crippen LogP contribution >= 0.6 is 0 Å². The molecule has 0 aliphatic rings. The summed E-state index contributed by atoms with van der Waals surface area (Å²) in [5.41, 5.74) is 0.927. The number of allylic oxidation sites excluding steroid dienone is 4. The molecule has 1 nitrogen and oxygen atoms in total. The van der Waals surface area contributed by atoms with Crippen LogP contribution in [0.15, 0.2) is 23.8 Å². The molecule has 0 aromatic rings. The first kappa shape index (κ1) is 12.2. The number of carbonyl (C=O) groups excluding carboxylic acids is 1. The van der Waals surface area contributed by atoms with Gasteiger partial charge in [-0.2, -0.15) is 0 Å². The Balaban J connectivity index is 4.22. The van der Waals surface area contributed by atoms with Crippen molar-refractivity contribution in [1.82, 2.24) is 0 Å². The number of carbonyl (C=O) groups is 1. The molecular weight excluding hydrogens is 160 g/mol. The lowest BCUT2D eigenvalue weighted by Crippen LogP contribution is -1.95. The molecule has 0 saturated carbocycles. The maximum absolute atomic E-state index is 10.6. The molecule has 0 N–H and O–H groups in total. The zero-order valence-corrected chi connectivity index (χ0v) is 8.92. The highest BCUT2D eigenvalue weighted by atomic mass is 16.1. The molecule has 0 heterocycles. The molecule has 1 unspecified atom stereocenters. The fraction of sp³-hybridized carbons (Fsp3) is 0.583. The van der Waals surface area contributed by atoms with Gasteiger partial charge in [-0.15, -0.1) is 0 Å². The lowest BCUT2D eigenvalue weighted by Gasteiger charge is -2.07. The zero-order valence-electron chi connectivity index (χ0n) is 8.92. The van der Waals surface area contributed by atoms with Gasteiger partial charge in [0.25, 0.3) is 0 Å². The summed E-state index contributed by atoms with van der Waals surface area (Å²) >= 11 is 0. The molecule has 0 aromatic carbocycles. The van der Waals surface area contributed by atoms with Crippen LogP contribution in [0.1, 0.15) is 40.0 Å². The van der Waals surface area contributed by atoms with E-state index in [1.54, 1.807) is 0 Å². The minimum absolute atomic E-state index is 0.524. The largest absolute Gasteiger partial charge is 0.298 e. The van der Waals surface area contributed by atoms with E-state index in [-0.39, 0.29) is 0 Å². The fourth-order valence-corrected chi connectivity index (χ4v) is 1.21. The Bertz CT molecular complexity index is 189. The topological polar surface area (TPSA) is 17.1 Å². The maximum Gasteiger partial charge on any atom is 0.145 e. The van der Waals surface area contributed by atoms with Gasteiger partial charge in [-0.1, -0.05) is 32.1 Å². The van der Waals surface area contributed by atoms with E-state index in [0.29, 0.717) is 5.92 Å². The van der Waals surface area contributed by atoms with Crippen LogP contribution in [0, 0.1) is 5.92 Å². The van der Waals surface area contributed by atoms with E-state index in [1.165, 1.54) is 0 Å². The molecule has 0 aliphatic carbocycles. The average molecular weight is 180 g/mol. The standard InChI is InChI=1S/C12H20O/c1-4-7-8-11(5-2)9-12(6-3)10-13/h4,7,9-11H,5-6,8H2,1-3H3. The van der Waals surface area contributed by atoms with Gasteiger partial charge in [-0.3, -0.25) is 4.79 Å². The van der Waals surface area contributed by atoms with Crippen molar-refractivity contribution in [3.8, 4) is 0 Å². The maximum atomic E-state index is 10.6. The highest BCUT2D eigenvalue weighted by Gasteiger charge is 2.01. The zero-order chi connectivity index (χ0) is 10.1. The third-order valence-corrected chi connectivity index (χ3v) is 2.21. The van der Waals surface area contributed by atoms with Crippen LogP contribution in [0.25, 0.3) is 0 Å². The van der Waals surface area contributed by atoms with Crippen LogP contribution < -0.4 is 0 Å². The number of aldehydes is 1. The summed E-state index contributed by atoms with van der Waals surface area (Å²) in [6, 6.07) is 0. The number of hydrogen-bond donors (Lipinski definition) is 0. The lowest BCUT2D eigenvalue weighted by atomic mass is 9.98. The molecule has 0 aromatic heterocycles. The van der Waals surface area contributed by atoms with Crippen LogP contribution in [-0.2, 0) is 4.79 Å². The van der Waals surface area contributed by atoms with Crippen molar-refractivity contribution in [2.24, 2.45) is 5.92 Å². The predicted molar refractivity (Wildman–Crippen MR) is 57.7 cm³/mol. The van der Waals surface area contributed by atoms with E-state index in [9.17, 15) is 4.79 Å². The van der Waals surface area contributed by atoms with Crippen molar-refractivity contribution in [3.05, 3.63) is 23.8 Å². The summed E-state index contributed by atoms with van der Waals surface area (Å²) < 4.78 is 0. The second kappa shape index (κ2) is 7.78. The van der Waals surface area contributed by atoms with Crippen molar-refractivity contribution >= 4 is 6.29 Å². The Morgan fingerprint density at radius 3 is 2.46 bits per heavy atom. The van der Waals surface area contributed by atoms with Gasteiger partial charge in [0.1, 0.15) is 6.29 Å². The van der Waals surface area contributed by atoms with Gasteiger partial charge in [0.05, 0.1) is 0 Å². The predicted octanol–water partition coefficient (Wildman–Crippen LogP) is 3.51. The summed E-state index contributed by atoms with van der Waals surface area (Å²) in [6.07, 6.45) is 10.3. The van der Waals surface area contributed by atoms with E-state index in [1.807, 2.05) is 13.8 Å². The molecule has 1 heteroatoms. The summed E-state index contributed by atoms with van der Waals surface area (Å²) in [5.74, 6) is 0.524. The number of rotatable bonds is 6. The van der Waals surface area contributed by atoms with Gasteiger partial charge < -0.3 is 0 Å². The Morgan fingerprint density at radius 1 is 1.38 bits per heavy atom. The smallest absolute Gasteiger partial charge is 0.145 e. The molecule has 0 aliphatic heterocycles. The van der Waals surface area contributed by atoms with Gasteiger partial charge in [-0.05, 0) is 37.7 Å². The molecule has 13 heavy (non-hydrogen) atoms. The second-order valence-corrected chi connectivity index (χ2v) is 3.19. The van der Waals surface area contributed by atoms with Crippen LogP contribution in [0.5, 0.6) is 0 Å². The van der Waals surface area contributed by atoms with Crippen molar-refractivity contribution in [3.63, 3.8) is 0 Å². The minimum Gasteiger partial charge on any atom is -0.298 e.